The Labute approximate surface area is 157 Å². The molecule has 4 rings (SSSR count). The Balaban J connectivity index is 1.33. The summed E-state index contributed by atoms with van der Waals surface area (Å²) in [5.41, 5.74) is 1.23. The highest BCUT2D eigenvalue weighted by Gasteiger charge is 2.32. The van der Waals surface area contributed by atoms with Crippen molar-refractivity contribution in [2.24, 2.45) is 0 Å². The Morgan fingerprint density at radius 1 is 1.26 bits per heavy atom. The topological polar surface area (TPSA) is 89.6 Å². The molecule has 140 valence electrons. The van der Waals surface area contributed by atoms with Crippen molar-refractivity contribution < 1.29 is 14.0 Å². The number of likely N-dealkylation sites (tertiary alicyclic amines) is 2. The van der Waals surface area contributed by atoms with Gasteiger partial charge in [0.05, 0.1) is 18.2 Å². The average Bonchev–Trinajstić information content (AvgIpc) is 3.40. The Hall–Kier alpha value is -2.85. The van der Waals surface area contributed by atoms with Crippen molar-refractivity contribution in [2.75, 3.05) is 26.2 Å². The summed E-state index contributed by atoms with van der Waals surface area (Å²) in [6.07, 6.45) is 3.95. The van der Waals surface area contributed by atoms with Gasteiger partial charge in [0.2, 0.25) is 5.91 Å². The fourth-order valence-electron chi connectivity index (χ4n) is 3.99. The first-order valence-electron chi connectivity index (χ1n) is 9.34. The number of carbonyl (C=O) groups excluding carboxylic acids is 2. The molecule has 2 fully saturated rings. The maximum atomic E-state index is 12.6. The molecule has 2 unspecified atom stereocenters. The quantitative estimate of drug-likeness (QED) is 0.890. The summed E-state index contributed by atoms with van der Waals surface area (Å²) in [6, 6.07) is 9.38. The van der Waals surface area contributed by atoms with E-state index in [4.69, 9.17) is 9.68 Å². The molecule has 3 heterocycles. The first-order chi connectivity index (χ1) is 13.2. The second-order valence-corrected chi connectivity index (χ2v) is 7.21. The average molecular weight is 366 g/mol. The fourth-order valence-corrected chi connectivity index (χ4v) is 3.99. The van der Waals surface area contributed by atoms with Crippen LogP contribution >= 0.6 is 0 Å². The maximum absolute atomic E-state index is 12.6. The summed E-state index contributed by atoms with van der Waals surface area (Å²) in [7, 11) is 0. The molecule has 27 heavy (non-hydrogen) atoms. The van der Waals surface area contributed by atoms with Gasteiger partial charge in [-0.05, 0) is 25.3 Å². The monoisotopic (exact) mass is 366 g/mol. The Morgan fingerprint density at radius 2 is 2.11 bits per heavy atom. The number of amides is 2. The molecule has 2 aliphatic heterocycles. The number of hydrogen-bond donors (Lipinski definition) is 1. The van der Waals surface area contributed by atoms with Gasteiger partial charge in [0.15, 0.2) is 0 Å². The van der Waals surface area contributed by atoms with Crippen molar-refractivity contribution in [2.45, 2.75) is 31.3 Å². The van der Waals surface area contributed by atoms with Crippen LogP contribution in [0.4, 0.5) is 0 Å². The number of furan rings is 1. The second kappa shape index (κ2) is 7.41. The molecule has 1 N–H and O–H groups in total. The van der Waals surface area contributed by atoms with E-state index in [-0.39, 0.29) is 23.9 Å². The van der Waals surface area contributed by atoms with Crippen LogP contribution < -0.4 is 5.32 Å². The lowest BCUT2D eigenvalue weighted by molar-refractivity contribution is -0.132. The van der Waals surface area contributed by atoms with Gasteiger partial charge in [0, 0.05) is 31.1 Å². The van der Waals surface area contributed by atoms with Gasteiger partial charge in [-0.15, -0.1) is 0 Å². The molecule has 0 aliphatic carbocycles. The minimum absolute atomic E-state index is 0.00399. The van der Waals surface area contributed by atoms with E-state index in [0.717, 1.165) is 31.2 Å². The molecule has 0 radical (unpaired) electrons. The van der Waals surface area contributed by atoms with Gasteiger partial charge >= 0.3 is 0 Å². The number of hydrogen-bond acceptors (Lipinski definition) is 5. The number of fused-ring (bicyclic) bond motifs is 1. The maximum Gasteiger partial charge on any atom is 0.255 e. The van der Waals surface area contributed by atoms with E-state index in [9.17, 15) is 9.59 Å². The predicted molar refractivity (Wildman–Crippen MR) is 98.9 cm³/mol. The van der Waals surface area contributed by atoms with Crippen LogP contribution in [0.1, 0.15) is 29.6 Å². The van der Waals surface area contributed by atoms with E-state index in [1.165, 1.54) is 6.26 Å². The Kier molecular flexibility index (Phi) is 4.82. The normalized spacial score (nSPS) is 22.9. The smallest absolute Gasteiger partial charge is 0.255 e. The highest BCUT2D eigenvalue weighted by atomic mass is 16.3. The highest BCUT2D eigenvalue weighted by Crippen LogP contribution is 2.21. The summed E-state index contributed by atoms with van der Waals surface area (Å²) in [6.45, 7) is 2.37. The predicted octanol–water partition coefficient (Wildman–Crippen LogP) is 1.75. The van der Waals surface area contributed by atoms with Crippen LogP contribution in [0.2, 0.25) is 0 Å². The second-order valence-electron chi connectivity index (χ2n) is 7.21. The third kappa shape index (κ3) is 3.53. The molecule has 2 saturated heterocycles. The van der Waals surface area contributed by atoms with Crippen LogP contribution in [0.5, 0.6) is 0 Å². The van der Waals surface area contributed by atoms with E-state index >= 15 is 0 Å². The van der Waals surface area contributed by atoms with Gasteiger partial charge in [-0.3, -0.25) is 14.5 Å². The highest BCUT2D eigenvalue weighted by molar-refractivity contribution is 6.06. The standard InChI is InChI=1S/C20H22N4O3/c21-10-15-4-3-8-24(15)19(25)12-23-9-7-14(11-23)22-20(26)17-13-27-18-6-2-1-5-16(17)18/h1-2,5-6,13-15H,3-4,7-9,11-12H2,(H,22,26). The van der Waals surface area contributed by atoms with Crippen molar-refractivity contribution in [3.63, 3.8) is 0 Å². The van der Waals surface area contributed by atoms with E-state index < -0.39 is 0 Å². The summed E-state index contributed by atoms with van der Waals surface area (Å²) < 4.78 is 5.44. The molecule has 2 amide bonds. The molecule has 1 aromatic heterocycles. The number of nitrogens with zero attached hydrogens (tertiary/aromatic N) is 3. The van der Waals surface area contributed by atoms with Crippen LogP contribution in [-0.4, -0.2) is 59.9 Å². The molecular formula is C20H22N4O3. The Bertz CT molecular complexity index is 900. The van der Waals surface area contributed by atoms with Crippen LogP contribution in [0.3, 0.4) is 0 Å². The third-order valence-corrected chi connectivity index (χ3v) is 5.41. The van der Waals surface area contributed by atoms with E-state index in [1.54, 1.807) is 4.90 Å². The number of nitriles is 1. The van der Waals surface area contributed by atoms with Gasteiger partial charge in [-0.1, -0.05) is 18.2 Å². The first kappa shape index (κ1) is 17.6. The number of rotatable bonds is 4. The molecule has 2 aliphatic rings. The van der Waals surface area contributed by atoms with Crippen molar-refractivity contribution in [1.29, 1.82) is 5.26 Å². The molecule has 0 bridgehead atoms. The van der Waals surface area contributed by atoms with E-state index in [1.807, 2.05) is 29.2 Å². The molecule has 7 heteroatoms. The van der Waals surface area contributed by atoms with Gasteiger partial charge in [-0.25, -0.2) is 0 Å². The van der Waals surface area contributed by atoms with Gasteiger partial charge in [0.1, 0.15) is 17.9 Å². The van der Waals surface area contributed by atoms with Gasteiger partial charge < -0.3 is 14.6 Å². The lowest BCUT2D eigenvalue weighted by Crippen LogP contribution is -2.43. The summed E-state index contributed by atoms with van der Waals surface area (Å²) >= 11 is 0. The largest absolute Gasteiger partial charge is 0.463 e. The van der Waals surface area contributed by atoms with Crippen molar-refractivity contribution in [3.05, 3.63) is 36.1 Å². The zero-order valence-electron chi connectivity index (χ0n) is 15.1. The molecular weight excluding hydrogens is 344 g/mol. The molecule has 2 atom stereocenters. The summed E-state index contributed by atoms with van der Waals surface area (Å²) in [5.74, 6) is -0.144. The van der Waals surface area contributed by atoms with Crippen molar-refractivity contribution in [3.8, 4) is 6.07 Å². The molecule has 0 saturated carbocycles. The van der Waals surface area contributed by atoms with Crippen LogP contribution in [0.15, 0.2) is 34.9 Å². The zero-order valence-corrected chi connectivity index (χ0v) is 15.1. The zero-order chi connectivity index (χ0) is 18.8. The van der Waals surface area contributed by atoms with Gasteiger partial charge in [-0.2, -0.15) is 5.26 Å². The SMILES string of the molecule is N#CC1CCCN1C(=O)CN1CCC(NC(=O)c2coc3ccccc23)C1. The number of benzene rings is 1. The lowest BCUT2D eigenvalue weighted by Gasteiger charge is -2.23. The minimum atomic E-state index is -0.287. The Morgan fingerprint density at radius 3 is 2.96 bits per heavy atom. The molecule has 2 aromatic rings. The van der Waals surface area contributed by atoms with Crippen molar-refractivity contribution >= 4 is 22.8 Å². The first-order valence-corrected chi connectivity index (χ1v) is 9.34. The number of para-hydroxylation sites is 1. The van der Waals surface area contributed by atoms with E-state index in [0.29, 0.717) is 30.8 Å². The molecule has 7 nitrogen and oxygen atoms in total. The number of carbonyl (C=O) groups is 2. The minimum Gasteiger partial charge on any atom is -0.463 e. The van der Waals surface area contributed by atoms with Crippen LogP contribution in [-0.2, 0) is 4.79 Å². The van der Waals surface area contributed by atoms with Gasteiger partial charge in [0.25, 0.3) is 5.91 Å². The third-order valence-electron chi connectivity index (χ3n) is 5.41. The summed E-state index contributed by atoms with van der Waals surface area (Å²) in [4.78, 5) is 28.8. The van der Waals surface area contributed by atoms with Crippen molar-refractivity contribution in [1.82, 2.24) is 15.1 Å². The van der Waals surface area contributed by atoms with E-state index in [2.05, 4.69) is 11.4 Å². The fraction of sp³-hybridized carbons (Fsp3) is 0.450. The lowest BCUT2D eigenvalue weighted by atomic mass is 10.1. The van der Waals surface area contributed by atoms with Crippen LogP contribution in [0, 0.1) is 11.3 Å². The molecule has 0 spiro atoms. The molecule has 1 aromatic carbocycles. The summed E-state index contributed by atoms with van der Waals surface area (Å²) in [5, 5.41) is 13.0. The number of nitrogens with one attached hydrogen (secondary N) is 1. The van der Waals surface area contributed by atoms with Crippen LogP contribution in [0.25, 0.3) is 11.0 Å².